The average Bonchev–Trinajstić information content (AvgIpc) is 3.07. The van der Waals surface area contributed by atoms with Crippen molar-refractivity contribution in [3.63, 3.8) is 0 Å². The van der Waals surface area contributed by atoms with Gasteiger partial charge in [0.25, 0.3) is 0 Å². The van der Waals surface area contributed by atoms with E-state index >= 15 is 0 Å². The zero-order valence-electron chi connectivity index (χ0n) is 15.2. The number of nitrogens with zero attached hydrogens (tertiary/aromatic N) is 2. The van der Waals surface area contributed by atoms with Gasteiger partial charge in [0.15, 0.2) is 5.13 Å². The number of rotatable bonds is 5. The first kappa shape index (κ1) is 19.8. The minimum Gasteiger partial charge on any atom is -0.301 e. The van der Waals surface area contributed by atoms with Gasteiger partial charge in [-0.05, 0) is 42.8 Å². The SMILES string of the molecule is Cc1cc(SCC(=O)Nc2nc3ccc(S(N)(=O)=O)cc3s2)nc2ccccc12. The van der Waals surface area contributed by atoms with Crippen molar-refractivity contribution in [2.75, 3.05) is 11.1 Å². The van der Waals surface area contributed by atoms with Gasteiger partial charge in [-0.2, -0.15) is 0 Å². The molecule has 0 unspecified atom stereocenters. The largest absolute Gasteiger partial charge is 0.301 e. The number of carbonyl (C=O) groups is 1. The van der Waals surface area contributed by atoms with Gasteiger partial charge in [-0.25, -0.2) is 23.5 Å². The predicted octanol–water partition coefficient (Wildman–Crippen LogP) is 3.53. The molecule has 0 bridgehead atoms. The maximum atomic E-state index is 12.3. The van der Waals surface area contributed by atoms with Gasteiger partial charge in [0.1, 0.15) is 0 Å². The van der Waals surface area contributed by atoms with Crippen molar-refractivity contribution in [2.45, 2.75) is 16.8 Å². The van der Waals surface area contributed by atoms with E-state index in [0.717, 1.165) is 21.5 Å². The van der Waals surface area contributed by atoms with Crippen LogP contribution in [-0.2, 0) is 14.8 Å². The van der Waals surface area contributed by atoms with E-state index in [0.29, 0.717) is 15.3 Å². The maximum Gasteiger partial charge on any atom is 0.238 e. The molecular weight excluding hydrogens is 428 g/mol. The number of nitrogens with two attached hydrogens (primary N) is 1. The molecule has 148 valence electrons. The topological polar surface area (TPSA) is 115 Å². The lowest BCUT2D eigenvalue weighted by Gasteiger charge is -2.06. The van der Waals surface area contributed by atoms with Crippen molar-refractivity contribution in [1.82, 2.24) is 9.97 Å². The fourth-order valence-corrected chi connectivity index (χ4v) is 5.13. The Morgan fingerprint density at radius 3 is 2.72 bits per heavy atom. The van der Waals surface area contributed by atoms with Crippen LogP contribution in [0.25, 0.3) is 21.1 Å². The number of primary sulfonamides is 1. The first-order chi connectivity index (χ1) is 13.8. The van der Waals surface area contributed by atoms with Crippen LogP contribution in [0.3, 0.4) is 0 Å². The zero-order valence-corrected chi connectivity index (χ0v) is 17.7. The molecular formula is C19H16N4O3S3. The minimum atomic E-state index is -3.79. The molecule has 2 aromatic heterocycles. The summed E-state index contributed by atoms with van der Waals surface area (Å²) in [7, 11) is -3.79. The van der Waals surface area contributed by atoms with Crippen LogP contribution in [0.5, 0.6) is 0 Å². The number of aryl methyl sites for hydroxylation is 1. The number of para-hydroxylation sites is 1. The second-order valence-corrected chi connectivity index (χ2v) is 9.91. The third-order valence-corrected chi connectivity index (χ3v) is 6.94. The number of anilines is 1. The summed E-state index contributed by atoms with van der Waals surface area (Å²) in [6.45, 7) is 2.02. The highest BCUT2D eigenvalue weighted by molar-refractivity contribution is 7.99. The number of benzene rings is 2. The van der Waals surface area contributed by atoms with Crippen LogP contribution in [0.1, 0.15) is 5.56 Å². The lowest BCUT2D eigenvalue weighted by Crippen LogP contribution is -2.13. The molecule has 3 N–H and O–H groups in total. The summed E-state index contributed by atoms with van der Waals surface area (Å²) in [6, 6.07) is 14.3. The summed E-state index contributed by atoms with van der Waals surface area (Å²) in [6.07, 6.45) is 0. The molecule has 10 heteroatoms. The second-order valence-electron chi connectivity index (χ2n) is 6.32. The summed E-state index contributed by atoms with van der Waals surface area (Å²) in [4.78, 5) is 21.2. The molecule has 0 aliphatic heterocycles. The number of sulfonamides is 1. The third-order valence-electron chi connectivity index (χ3n) is 4.19. The number of nitrogens with one attached hydrogen (secondary N) is 1. The van der Waals surface area contributed by atoms with Crippen molar-refractivity contribution in [3.05, 3.63) is 54.1 Å². The maximum absolute atomic E-state index is 12.3. The van der Waals surface area contributed by atoms with Crippen LogP contribution >= 0.6 is 23.1 Å². The fourth-order valence-electron chi connectivity index (χ4n) is 2.82. The first-order valence-corrected chi connectivity index (χ1v) is 11.9. The Morgan fingerprint density at radius 2 is 1.93 bits per heavy atom. The minimum absolute atomic E-state index is 0.0137. The smallest absolute Gasteiger partial charge is 0.238 e. The molecule has 2 aromatic carbocycles. The first-order valence-electron chi connectivity index (χ1n) is 8.52. The Hall–Kier alpha value is -2.53. The molecule has 1 amide bonds. The average molecular weight is 445 g/mol. The Morgan fingerprint density at radius 1 is 1.14 bits per heavy atom. The van der Waals surface area contributed by atoms with Crippen LogP contribution in [-0.4, -0.2) is 30.0 Å². The van der Waals surface area contributed by atoms with Gasteiger partial charge >= 0.3 is 0 Å². The van der Waals surface area contributed by atoms with Gasteiger partial charge < -0.3 is 5.32 Å². The van der Waals surface area contributed by atoms with Crippen molar-refractivity contribution in [3.8, 4) is 0 Å². The van der Waals surface area contributed by atoms with Gasteiger partial charge in [0.05, 0.1) is 31.4 Å². The van der Waals surface area contributed by atoms with E-state index in [1.807, 2.05) is 37.3 Å². The molecule has 0 saturated heterocycles. The molecule has 2 heterocycles. The van der Waals surface area contributed by atoms with Crippen LogP contribution < -0.4 is 10.5 Å². The molecule has 29 heavy (non-hydrogen) atoms. The van der Waals surface area contributed by atoms with E-state index in [2.05, 4.69) is 15.3 Å². The number of pyridine rings is 1. The van der Waals surface area contributed by atoms with Gasteiger partial charge in [-0.15, -0.1) is 0 Å². The summed E-state index contributed by atoms with van der Waals surface area (Å²) in [5.74, 6) is -0.0308. The molecule has 0 spiro atoms. The van der Waals surface area contributed by atoms with E-state index in [1.165, 1.54) is 35.2 Å². The second kappa shape index (κ2) is 7.71. The lowest BCUT2D eigenvalue weighted by atomic mass is 10.1. The molecule has 0 aliphatic carbocycles. The lowest BCUT2D eigenvalue weighted by molar-refractivity contribution is -0.113. The van der Waals surface area contributed by atoms with E-state index in [4.69, 9.17) is 5.14 Å². The molecule has 0 atom stereocenters. The number of carbonyl (C=O) groups excluding carboxylic acids is 1. The highest BCUT2D eigenvalue weighted by atomic mass is 32.2. The Bertz CT molecular complexity index is 1350. The number of thiazole rings is 1. The van der Waals surface area contributed by atoms with E-state index in [1.54, 1.807) is 6.07 Å². The fraction of sp³-hybridized carbons (Fsp3) is 0.105. The quantitative estimate of drug-likeness (QED) is 0.455. The third kappa shape index (κ3) is 4.40. The van der Waals surface area contributed by atoms with E-state index in [9.17, 15) is 13.2 Å². The van der Waals surface area contributed by atoms with Crippen LogP contribution in [0, 0.1) is 6.92 Å². The number of hydrogen-bond donors (Lipinski definition) is 2. The summed E-state index contributed by atoms with van der Waals surface area (Å²) in [5.41, 5.74) is 2.60. The van der Waals surface area contributed by atoms with E-state index in [-0.39, 0.29) is 16.6 Å². The van der Waals surface area contributed by atoms with Gasteiger partial charge in [-0.3, -0.25) is 4.79 Å². The molecule has 0 saturated carbocycles. The van der Waals surface area contributed by atoms with Gasteiger partial charge in [0.2, 0.25) is 15.9 Å². The number of thioether (sulfide) groups is 1. The number of fused-ring (bicyclic) bond motifs is 2. The molecule has 0 aliphatic rings. The van der Waals surface area contributed by atoms with Crippen molar-refractivity contribution in [1.29, 1.82) is 0 Å². The Kier molecular flexibility index (Phi) is 5.26. The highest BCUT2D eigenvalue weighted by Gasteiger charge is 2.13. The summed E-state index contributed by atoms with van der Waals surface area (Å²) < 4.78 is 23.6. The normalized spacial score (nSPS) is 11.8. The van der Waals surface area contributed by atoms with Crippen LogP contribution in [0.15, 0.2) is 58.5 Å². The molecule has 0 fully saturated rings. The molecule has 0 radical (unpaired) electrons. The highest BCUT2D eigenvalue weighted by Crippen LogP contribution is 2.28. The molecule has 4 aromatic rings. The standard InChI is InChI=1S/C19H16N4O3S3/c1-11-8-18(21-14-5-3-2-4-13(11)14)27-10-17(24)23-19-22-15-7-6-12(29(20,25)26)9-16(15)28-19/h2-9H,10H2,1H3,(H2,20,25,26)(H,22,23,24). The van der Waals surface area contributed by atoms with E-state index < -0.39 is 10.0 Å². The number of amides is 1. The summed E-state index contributed by atoms with van der Waals surface area (Å²) >= 11 is 2.54. The molecule has 4 rings (SSSR count). The van der Waals surface area contributed by atoms with Crippen molar-refractivity contribution in [2.24, 2.45) is 5.14 Å². The van der Waals surface area contributed by atoms with Crippen molar-refractivity contribution < 1.29 is 13.2 Å². The predicted molar refractivity (Wildman–Crippen MR) is 117 cm³/mol. The zero-order chi connectivity index (χ0) is 20.6. The number of aromatic nitrogens is 2. The molecule has 7 nitrogen and oxygen atoms in total. The number of hydrogen-bond acceptors (Lipinski definition) is 7. The summed E-state index contributed by atoms with van der Waals surface area (Å²) in [5, 5.41) is 10.2. The Balaban J connectivity index is 1.46. The van der Waals surface area contributed by atoms with Crippen molar-refractivity contribution >= 4 is 65.3 Å². The van der Waals surface area contributed by atoms with Crippen LogP contribution in [0.4, 0.5) is 5.13 Å². The Labute approximate surface area is 175 Å². The van der Waals surface area contributed by atoms with Gasteiger partial charge in [0, 0.05) is 5.39 Å². The monoisotopic (exact) mass is 444 g/mol. The van der Waals surface area contributed by atoms with Crippen LogP contribution in [0.2, 0.25) is 0 Å². The van der Waals surface area contributed by atoms with Gasteiger partial charge in [-0.1, -0.05) is 41.3 Å².